The summed E-state index contributed by atoms with van der Waals surface area (Å²) in [4.78, 5) is 78.4. The number of esters is 3. The van der Waals surface area contributed by atoms with Gasteiger partial charge in [-0.2, -0.15) is 0 Å². The summed E-state index contributed by atoms with van der Waals surface area (Å²) in [6.45, 7) is 21.1. The molecule has 0 unspecified atom stereocenters. The van der Waals surface area contributed by atoms with E-state index in [9.17, 15) is 28.8 Å². The van der Waals surface area contributed by atoms with Crippen LogP contribution in [0.15, 0.2) is 30.3 Å². The average Bonchev–Trinajstić information content (AvgIpc) is 3.01. The van der Waals surface area contributed by atoms with Crippen LogP contribution in [0.3, 0.4) is 0 Å². The van der Waals surface area contributed by atoms with E-state index in [0.29, 0.717) is 12.8 Å². The number of benzene rings is 1. The maximum absolute atomic E-state index is 14.3. The van der Waals surface area contributed by atoms with Crippen LogP contribution in [-0.2, 0) is 49.5 Å². The molecule has 3 amide bonds. The molecule has 0 aromatic heterocycles. The second-order valence-electron chi connectivity index (χ2n) is 17.7. The zero-order valence-electron chi connectivity index (χ0n) is 35.2. The van der Waals surface area contributed by atoms with Crippen LogP contribution in [0.5, 0.6) is 0 Å². The molecule has 1 rings (SSSR count). The van der Waals surface area contributed by atoms with Gasteiger partial charge in [-0.05, 0) is 127 Å². The van der Waals surface area contributed by atoms with Crippen molar-refractivity contribution in [2.45, 2.75) is 181 Å². The predicted molar refractivity (Wildman–Crippen MR) is 208 cm³/mol. The maximum atomic E-state index is 14.3. The Morgan fingerprint density at radius 3 is 1.44 bits per heavy atom. The Morgan fingerprint density at radius 2 is 1.02 bits per heavy atom. The lowest BCUT2D eigenvalue weighted by Gasteiger charge is -2.37. The number of rotatable bonds is 19. The SMILES string of the molecule is CC(C)(C)OC(=O)CCC(CCC(=O)OC(C)(C)C)(CCC(=O)OC(C)(C)C)NC(=O)[C@H](CCCCNC(=O)OCc1ccccc1)NC(=O)OC(C)(C)C. The van der Waals surface area contributed by atoms with E-state index in [1.54, 1.807) is 83.1 Å². The Hall–Kier alpha value is -4.36. The van der Waals surface area contributed by atoms with E-state index in [1.807, 2.05) is 30.3 Å². The molecular formula is C41H67N3O11. The first kappa shape index (κ1) is 48.7. The average molecular weight is 778 g/mol. The highest BCUT2D eigenvalue weighted by atomic mass is 16.6. The molecule has 14 heteroatoms. The summed E-state index contributed by atoms with van der Waals surface area (Å²) < 4.78 is 27.4. The number of unbranched alkanes of at least 4 members (excludes halogenated alkanes) is 1. The summed E-state index contributed by atoms with van der Waals surface area (Å²) in [6, 6.07) is 8.13. The van der Waals surface area contributed by atoms with Crippen molar-refractivity contribution >= 4 is 36.0 Å². The van der Waals surface area contributed by atoms with Crippen LogP contribution in [-0.4, -0.2) is 76.5 Å². The summed E-state index contributed by atoms with van der Waals surface area (Å²) in [7, 11) is 0. The fourth-order valence-electron chi connectivity index (χ4n) is 5.27. The van der Waals surface area contributed by atoms with Crippen LogP contribution in [0.25, 0.3) is 0 Å². The van der Waals surface area contributed by atoms with E-state index in [1.165, 1.54) is 0 Å². The number of alkyl carbamates (subject to hydrolysis) is 2. The highest BCUT2D eigenvalue weighted by Gasteiger charge is 2.38. The highest BCUT2D eigenvalue weighted by Crippen LogP contribution is 2.29. The molecule has 0 radical (unpaired) electrons. The Labute approximate surface area is 327 Å². The largest absolute Gasteiger partial charge is 0.460 e. The van der Waals surface area contributed by atoms with Gasteiger partial charge in [-0.3, -0.25) is 19.2 Å². The molecule has 1 aromatic carbocycles. The van der Waals surface area contributed by atoms with E-state index in [2.05, 4.69) is 16.0 Å². The van der Waals surface area contributed by atoms with Gasteiger partial charge >= 0.3 is 30.1 Å². The van der Waals surface area contributed by atoms with Crippen molar-refractivity contribution < 1.29 is 52.5 Å². The number of carbonyl (C=O) groups excluding carboxylic acids is 6. The van der Waals surface area contributed by atoms with Gasteiger partial charge in [-0.15, -0.1) is 0 Å². The third kappa shape index (κ3) is 24.6. The smallest absolute Gasteiger partial charge is 0.408 e. The van der Waals surface area contributed by atoms with Gasteiger partial charge in [0.1, 0.15) is 35.1 Å². The van der Waals surface area contributed by atoms with Gasteiger partial charge in [0.15, 0.2) is 0 Å². The summed E-state index contributed by atoms with van der Waals surface area (Å²) in [5.74, 6) is -2.20. The van der Waals surface area contributed by atoms with Crippen LogP contribution < -0.4 is 16.0 Å². The van der Waals surface area contributed by atoms with E-state index in [-0.39, 0.29) is 58.1 Å². The molecule has 1 atom stereocenters. The molecule has 14 nitrogen and oxygen atoms in total. The Kier molecular flexibility index (Phi) is 19.2. The molecular weight excluding hydrogens is 710 g/mol. The van der Waals surface area contributed by atoms with E-state index in [4.69, 9.17) is 23.7 Å². The first-order chi connectivity index (χ1) is 25.2. The summed E-state index contributed by atoms with van der Waals surface area (Å²) in [5, 5.41) is 8.38. The van der Waals surface area contributed by atoms with Crippen molar-refractivity contribution in [2.24, 2.45) is 0 Å². The molecule has 0 heterocycles. The lowest BCUT2D eigenvalue weighted by atomic mass is 9.83. The zero-order valence-corrected chi connectivity index (χ0v) is 35.2. The van der Waals surface area contributed by atoms with Crippen molar-refractivity contribution in [1.29, 1.82) is 0 Å². The van der Waals surface area contributed by atoms with Gasteiger partial charge < -0.3 is 39.6 Å². The van der Waals surface area contributed by atoms with Gasteiger partial charge in [0.25, 0.3) is 0 Å². The number of carbonyl (C=O) groups is 6. The second kappa shape index (κ2) is 21.7. The van der Waals surface area contributed by atoms with Gasteiger partial charge in [-0.1, -0.05) is 30.3 Å². The molecule has 0 aliphatic carbocycles. The Bertz CT molecular complexity index is 1320. The van der Waals surface area contributed by atoms with E-state index < -0.39 is 70.0 Å². The van der Waals surface area contributed by atoms with Crippen molar-refractivity contribution in [3.63, 3.8) is 0 Å². The molecule has 0 saturated carbocycles. The molecule has 0 fully saturated rings. The zero-order chi connectivity index (χ0) is 42.1. The molecule has 0 aliphatic rings. The lowest BCUT2D eigenvalue weighted by molar-refractivity contribution is -0.155. The van der Waals surface area contributed by atoms with Crippen LogP contribution >= 0.6 is 0 Å². The summed E-state index contributed by atoms with van der Waals surface area (Å²) in [6.07, 6.45) is -0.829. The third-order valence-corrected chi connectivity index (χ3v) is 7.48. The van der Waals surface area contributed by atoms with Crippen LogP contribution in [0, 0.1) is 0 Å². The second-order valence-corrected chi connectivity index (χ2v) is 17.7. The van der Waals surface area contributed by atoms with Crippen LogP contribution in [0.4, 0.5) is 9.59 Å². The van der Waals surface area contributed by atoms with Crippen LogP contribution in [0.2, 0.25) is 0 Å². The van der Waals surface area contributed by atoms with Gasteiger partial charge in [0, 0.05) is 31.3 Å². The van der Waals surface area contributed by atoms with Crippen molar-refractivity contribution in [3.05, 3.63) is 35.9 Å². The topological polar surface area (TPSA) is 185 Å². The number of hydrogen-bond donors (Lipinski definition) is 3. The van der Waals surface area contributed by atoms with Crippen molar-refractivity contribution in [1.82, 2.24) is 16.0 Å². The normalized spacial score (nSPS) is 12.8. The molecule has 0 saturated heterocycles. The standard InChI is InChI=1S/C41H67N3O11/c1-37(2,3)52-31(45)21-24-41(25-22-32(46)53-38(4,5)6,26-23-33(47)54-39(7,8)9)44-34(48)30(43-36(50)55-40(10,11)12)20-16-17-27-42-35(49)51-28-29-18-14-13-15-19-29/h13-15,18-19,30H,16-17,20-28H2,1-12H3,(H,42,49)(H,43,50)(H,44,48)/t30-/m0/s1. The van der Waals surface area contributed by atoms with Gasteiger partial charge in [-0.25, -0.2) is 9.59 Å². The maximum Gasteiger partial charge on any atom is 0.408 e. The molecule has 0 spiro atoms. The molecule has 55 heavy (non-hydrogen) atoms. The number of hydrogen-bond acceptors (Lipinski definition) is 11. The predicted octanol–water partition coefficient (Wildman–Crippen LogP) is 7.20. The van der Waals surface area contributed by atoms with Gasteiger partial charge in [0.05, 0.1) is 0 Å². The highest BCUT2D eigenvalue weighted by molar-refractivity contribution is 5.86. The first-order valence-corrected chi connectivity index (χ1v) is 19.1. The fraction of sp³-hybridized carbons (Fsp3) is 0.707. The molecule has 3 N–H and O–H groups in total. The molecule has 1 aromatic rings. The minimum atomic E-state index is -1.31. The van der Waals surface area contributed by atoms with Crippen molar-refractivity contribution in [3.8, 4) is 0 Å². The minimum absolute atomic E-state index is 0.00736. The fourth-order valence-corrected chi connectivity index (χ4v) is 5.27. The lowest BCUT2D eigenvalue weighted by Crippen LogP contribution is -2.56. The number of ether oxygens (including phenoxy) is 5. The summed E-state index contributed by atoms with van der Waals surface area (Å²) >= 11 is 0. The quantitative estimate of drug-likeness (QED) is 0.0733. The minimum Gasteiger partial charge on any atom is -0.460 e. The Balaban J connectivity index is 3.33. The van der Waals surface area contributed by atoms with Gasteiger partial charge in [0.2, 0.25) is 5.91 Å². The molecule has 312 valence electrons. The summed E-state index contributed by atoms with van der Waals surface area (Å²) in [5.41, 5.74) is -3.63. The molecule has 0 bridgehead atoms. The third-order valence-electron chi connectivity index (χ3n) is 7.48. The first-order valence-electron chi connectivity index (χ1n) is 19.1. The number of nitrogens with one attached hydrogen (secondary N) is 3. The Morgan fingerprint density at radius 1 is 0.582 bits per heavy atom. The number of amides is 3. The monoisotopic (exact) mass is 777 g/mol. The van der Waals surface area contributed by atoms with Crippen LogP contribution in [0.1, 0.15) is 146 Å². The van der Waals surface area contributed by atoms with Crippen molar-refractivity contribution in [2.75, 3.05) is 6.54 Å². The van der Waals surface area contributed by atoms with E-state index in [0.717, 1.165) is 5.56 Å². The van der Waals surface area contributed by atoms with E-state index >= 15 is 0 Å². The molecule has 0 aliphatic heterocycles.